The summed E-state index contributed by atoms with van der Waals surface area (Å²) < 4.78 is 6.51. The minimum Gasteiger partial charge on any atom is -0.360 e. The maximum Gasteiger partial charge on any atom is 0.266 e. The molecule has 0 aliphatic rings. The average molecular weight is 406 g/mol. The molecule has 0 spiro atoms. The van der Waals surface area contributed by atoms with Crippen molar-refractivity contribution in [2.24, 2.45) is 0 Å². The molecule has 0 saturated heterocycles. The molecule has 1 N–H and O–H groups in total. The van der Waals surface area contributed by atoms with Crippen LogP contribution in [-0.2, 0) is 4.79 Å². The lowest BCUT2D eigenvalue weighted by Gasteiger charge is -2.16. The number of rotatable bonds is 5. The van der Waals surface area contributed by atoms with Crippen LogP contribution in [0.25, 0.3) is 16.6 Å². The summed E-state index contributed by atoms with van der Waals surface area (Å²) in [5, 5.41) is 6.94. The van der Waals surface area contributed by atoms with E-state index in [1.807, 2.05) is 42.5 Å². The second-order valence-electron chi connectivity index (χ2n) is 6.46. The molecule has 0 aliphatic carbocycles. The SMILES string of the molecule is Cc1cc(NC(=O)C(C)Sc2nc3ccccc3c(=O)n2-c2ccccc2)no1. The summed E-state index contributed by atoms with van der Waals surface area (Å²) in [6, 6.07) is 18.1. The number of fused-ring (bicyclic) bond motifs is 1. The number of nitrogens with zero attached hydrogens (tertiary/aromatic N) is 3. The van der Waals surface area contributed by atoms with E-state index in [1.165, 1.54) is 16.3 Å². The molecule has 0 radical (unpaired) electrons. The summed E-state index contributed by atoms with van der Waals surface area (Å²) in [4.78, 5) is 30.4. The first kappa shape index (κ1) is 18.9. The minimum absolute atomic E-state index is 0.177. The number of para-hydroxylation sites is 2. The van der Waals surface area contributed by atoms with Crippen molar-refractivity contribution >= 4 is 34.4 Å². The van der Waals surface area contributed by atoms with E-state index in [9.17, 15) is 9.59 Å². The number of anilines is 1. The van der Waals surface area contributed by atoms with Crippen LogP contribution in [0.15, 0.2) is 75.1 Å². The van der Waals surface area contributed by atoms with Gasteiger partial charge in [-0.25, -0.2) is 4.98 Å². The topological polar surface area (TPSA) is 90.0 Å². The number of thioether (sulfide) groups is 1. The number of hydrogen-bond donors (Lipinski definition) is 1. The quantitative estimate of drug-likeness (QED) is 0.400. The fourth-order valence-electron chi connectivity index (χ4n) is 2.86. The first-order valence-corrected chi connectivity index (χ1v) is 9.89. The number of nitrogens with one attached hydrogen (secondary N) is 1. The van der Waals surface area contributed by atoms with Gasteiger partial charge >= 0.3 is 0 Å². The molecule has 7 nitrogen and oxygen atoms in total. The maximum atomic E-state index is 13.2. The summed E-state index contributed by atoms with van der Waals surface area (Å²) in [5.41, 5.74) is 1.11. The maximum absolute atomic E-state index is 13.2. The van der Waals surface area contributed by atoms with E-state index < -0.39 is 5.25 Å². The normalized spacial score (nSPS) is 12.1. The Hall–Kier alpha value is -3.39. The third-order valence-electron chi connectivity index (χ3n) is 4.29. The van der Waals surface area contributed by atoms with E-state index in [1.54, 1.807) is 32.0 Å². The summed E-state index contributed by atoms with van der Waals surface area (Å²) in [7, 11) is 0. The van der Waals surface area contributed by atoms with E-state index in [-0.39, 0.29) is 11.5 Å². The Bertz CT molecular complexity index is 1230. The van der Waals surface area contributed by atoms with Crippen LogP contribution in [0.2, 0.25) is 0 Å². The van der Waals surface area contributed by atoms with Crippen molar-refractivity contribution in [1.82, 2.24) is 14.7 Å². The highest BCUT2D eigenvalue weighted by Crippen LogP contribution is 2.25. The molecular weight excluding hydrogens is 388 g/mol. The van der Waals surface area contributed by atoms with Crippen molar-refractivity contribution in [3.05, 3.63) is 76.8 Å². The van der Waals surface area contributed by atoms with Crippen LogP contribution in [0.1, 0.15) is 12.7 Å². The Labute approximate surface area is 170 Å². The highest BCUT2D eigenvalue weighted by molar-refractivity contribution is 8.00. The second kappa shape index (κ2) is 7.92. The smallest absolute Gasteiger partial charge is 0.266 e. The zero-order chi connectivity index (χ0) is 20.4. The van der Waals surface area contributed by atoms with Crippen LogP contribution in [0.3, 0.4) is 0 Å². The Balaban J connectivity index is 1.72. The molecule has 4 aromatic rings. The van der Waals surface area contributed by atoms with Crippen molar-refractivity contribution < 1.29 is 9.32 Å². The molecule has 1 atom stereocenters. The zero-order valence-electron chi connectivity index (χ0n) is 15.8. The van der Waals surface area contributed by atoms with Gasteiger partial charge in [0.2, 0.25) is 5.91 Å². The number of carbonyl (C=O) groups is 1. The van der Waals surface area contributed by atoms with E-state index in [0.717, 1.165) is 0 Å². The molecule has 8 heteroatoms. The van der Waals surface area contributed by atoms with Gasteiger partial charge in [-0.1, -0.05) is 47.3 Å². The number of carbonyl (C=O) groups excluding carboxylic acids is 1. The van der Waals surface area contributed by atoms with Gasteiger partial charge in [-0.15, -0.1) is 0 Å². The molecule has 29 heavy (non-hydrogen) atoms. The highest BCUT2D eigenvalue weighted by Gasteiger charge is 2.21. The van der Waals surface area contributed by atoms with Crippen molar-refractivity contribution in [1.29, 1.82) is 0 Å². The van der Waals surface area contributed by atoms with E-state index >= 15 is 0 Å². The Morgan fingerprint density at radius 1 is 1.14 bits per heavy atom. The van der Waals surface area contributed by atoms with Gasteiger partial charge in [0.05, 0.1) is 21.8 Å². The van der Waals surface area contributed by atoms with E-state index in [0.29, 0.717) is 33.3 Å². The molecule has 0 aliphatic heterocycles. The first-order chi connectivity index (χ1) is 14.0. The van der Waals surface area contributed by atoms with Gasteiger partial charge in [0, 0.05) is 6.07 Å². The van der Waals surface area contributed by atoms with Gasteiger partial charge in [0.25, 0.3) is 5.56 Å². The predicted octanol–water partition coefficient (Wildman–Crippen LogP) is 3.80. The van der Waals surface area contributed by atoms with Crippen LogP contribution in [0.4, 0.5) is 5.82 Å². The van der Waals surface area contributed by atoms with Crippen LogP contribution >= 0.6 is 11.8 Å². The van der Waals surface area contributed by atoms with Crippen molar-refractivity contribution in [3.63, 3.8) is 0 Å². The number of aromatic nitrogens is 3. The van der Waals surface area contributed by atoms with E-state index in [4.69, 9.17) is 4.52 Å². The summed E-state index contributed by atoms with van der Waals surface area (Å²) >= 11 is 1.21. The molecule has 1 amide bonds. The van der Waals surface area contributed by atoms with Gasteiger partial charge in [0.15, 0.2) is 11.0 Å². The Kier molecular flexibility index (Phi) is 5.18. The summed E-state index contributed by atoms with van der Waals surface area (Å²) in [6.45, 7) is 3.50. The summed E-state index contributed by atoms with van der Waals surface area (Å²) in [5.74, 6) is 0.701. The molecule has 0 bridgehead atoms. The lowest BCUT2D eigenvalue weighted by molar-refractivity contribution is -0.115. The Morgan fingerprint density at radius 2 is 1.86 bits per heavy atom. The van der Waals surface area contributed by atoms with Crippen LogP contribution in [0, 0.1) is 6.92 Å². The third-order valence-corrected chi connectivity index (χ3v) is 5.34. The Morgan fingerprint density at radius 3 is 2.59 bits per heavy atom. The molecule has 2 heterocycles. The lowest BCUT2D eigenvalue weighted by atomic mass is 10.2. The van der Waals surface area contributed by atoms with Gasteiger partial charge < -0.3 is 9.84 Å². The van der Waals surface area contributed by atoms with Gasteiger partial charge in [0.1, 0.15) is 5.76 Å². The minimum atomic E-state index is -0.518. The van der Waals surface area contributed by atoms with Crippen LogP contribution in [0.5, 0.6) is 0 Å². The van der Waals surface area contributed by atoms with Crippen LogP contribution in [-0.4, -0.2) is 25.9 Å². The van der Waals surface area contributed by atoms with Gasteiger partial charge in [-0.2, -0.15) is 0 Å². The molecular formula is C21H18N4O3S. The lowest BCUT2D eigenvalue weighted by Crippen LogP contribution is -2.26. The largest absolute Gasteiger partial charge is 0.360 e. The molecule has 0 saturated carbocycles. The number of benzene rings is 2. The predicted molar refractivity (Wildman–Crippen MR) is 113 cm³/mol. The highest BCUT2D eigenvalue weighted by atomic mass is 32.2. The average Bonchev–Trinajstić information content (AvgIpc) is 3.13. The third kappa shape index (κ3) is 3.93. The molecule has 1 unspecified atom stereocenters. The number of aryl methyl sites for hydroxylation is 1. The monoisotopic (exact) mass is 406 g/mol. The molecule has 146 valence electrons. The fraction of sp³-hybridized carbons (Fsp3) is 0.143. The van der Waals surface area contributed by atoms with Crippen LogP contribution < -0.4 is 10.9 Å². The number of hydrogen-bond acceptors (Lipinski definition) is 6. The van der Waals surface area contributed by atoms with Gasteiger partial charge in [-0.05, 0) is 38.1 Å². The molecule has 2 aromatic carbocycles. The van der Waals surface area contributed by atoms with Gasteiger partial charge in [-0.3, -0.25) is 14.2 Å². The zero-order valence-corrected chi connectivity index (χ0v) is 16.6. The number of amides is 1. The van der Waals surface area contributed by atoms with E-state index in [2.05, 4.69) is 15.5 Å². The van der Waals surface area contributed by atoms with Crippen molar-refractivity contribution in [2.75, 3.05) is 5.32 Å². The standard InChI is InChI=1S/C21H18N4O3S/c1-13-12-18(24-28-13)23-19(26)14(2)29-21-22-17-11-7-6-10-16(17)20(27)25(21)15-8-4-3-5-9-15/h3-12,14H,1-2H3,(H,23,24,26). The molecule has 4 rings (SSSR count). The van der Waals surface area contributed by atoms with Crippen molar-refractivity contribution in [2.45, 2.75) is 24.3 Å². The first-order valence-electron chi connectivity index (χ1n) is 9.01. The van der Waals surface area contributed by atoms with Crippen molar-refractivity contribution in [3.8, 4) is 5.69 Å². The fourth-order valence-corrected chi connectivity index (χ4v) is 3.79. The molecule has 2 aromatic heterocycles. The summed E-state index contributed by atoms with van der Waals surface area (Å²) in [6.07, 6.45) is 0. The molecule has 0 fully saturated rings. The second-order valence-corrected chi connectivity index (χ2v) is 7.77.